The van der Waals surface area contributed by atoms with Crippen molar-refractivity contribution in [1.82, 2.24) is 0 Å². The number of hydrogen-bond donors (Lipinski definition) is 0. The first-order valence-electron chi connectivity index (χ1n) is 9.45. The van der Waals surface area contributed by atoms with Gasteiger partial charge in [0.05, 0.1) is 6.61 Å². The smallest absolute Gasteiger partial charge is 0.0721 e. The van der Waals surface area contributed by atoms with Crippen LogP contribution >= 0.6 is 11.6 Å². The Balaban J connectivity index is 3.06. The molecule has 0 unspecified atom stereocenters. The van der Waals surface area contributed by atoms with Crippen molar-refractivity contribution in [3.05, 3.63) is 17.9 Å². The Kier molecular flexibility index (Phi) is 20.6. The van der Waals surface area contributed by atoms with Gasteiger partial charge in [0.1, 0.15) is 0 Å². The van der Waals surface area contributed by atoms with E-state index in [-0.39, 0.29) is 0 Å². The summed E-state index contributed by atoms with van der Waals surface area (Å²) in [5.74, 6) is 0.730. The van der Waals surface area contributed by atoms with Gasteiger partial charge in [0, 0.05) is 12.5 Å². The molecule has 130 valence electrons. The third kappa shape index (κ3) is 19.8. The van der Waals surface area contributed by atoms with Crippen LogP contribution in [0, 0.1) is 0 Å². The molecule has 0 aromatic carbocycles. The quantitative estimate of drug-likeness (QED) is 0.158. The van der Waals surface area contributed by atoms with E-state index in [1.165, 1.54) is 70.6 Å². The predicted molar refractivity (Wildman–Crippen MR) is 99.9 cm³/mol. The van der Waals surface area contributed by atoms with Crippen LogP contribution in [0.25, 0.3) is 0 Å². The van der Waals surface area contributed by atoms with Crippen LogP contribution in [-0.4, -0.2) is 19.1 Å². The lowest BCUT2D eigenvalue weighted by Crippen LogP contribution is -1.94. The molecule has 0 radical (unpaired) electrons. The first-order chi connectivity index (χ1) is 10.9. The van der Waals surface area contributed by atoms with Crippen molar-refractivity contribution >= 4 is 11.6 Å². The van der Waals surface area contributed by atoms with E-state index in [4.69, 9.17) is 16.3 Å². The normalized spacial score (nSPS) is 10.5. The predicted octanol–water partition coefficient (Wildman–Crippen LogP) is 7.04. The van der Waals surface area contributed by atoms with Crippen LogP contribution in [-0.2, 0) is 4.74 Å². The summed E-state index contributed by atoms with van der Waals surface area (Å²) < 4.78 is 5.56. The van der Waals surface area contributed by atoms with Gasteiger partial charge >= 0.3 is 0 Å². The summed E-state index contributed by atoms with van der Waals surface area (Å²) in [6.07, 6.45) is 21.2. The molecule has 1 nitrogen and oxygen atoms in total. The maximum atomic E-state index is 5.60. The first kappa shape index (κ1) is 21.8. The summed E-state index contributed by atoms with van der Waals surface area (Å²) in [5.41, 5.74) is 3.13. The van der Waals surface area contributed by atoms with E-state index in [2.05, 4.69) is 12.7 Å². The molecule has 0 fully saturated rings. The second-order valence-electron chi connectivity index (χ2n) is 6.02. The molecule has 0 aliphatic heterocycles. The fraction of sp³-hybridized carbons (Fsp3) is 0.850. The van der Waals surface area contributed by atoms with Gasteiger partial charge < -0.3 is 4.74 Å². The zero-order valence-corrected chi connectivity index (χ0v) is 15.5. The van der Waals surface area contributed by atoms with Crippen LogP contribution in [0.2, 0.25) is 0 Å². The Labute approximate surface area is 144 Å². The molecule has 0 aliphatic carbocycles. The fourth-order valence-corrected chi connectivity index (χ4v) is 2.56. The fourth-order valence-electron chi connectivity index (χ4n) is 2.40. The van der Waals surface area contributed by atoms with E-state index in [0.717, 1.165) is 25.3 Å². The van der Waals surface area contributed by atoms with Crippen LogP contribution in [0.1, 0.15) is 90.4 Å². The van der Waals surface area contributed by atoms with Gasteiger partial charge in [-0.3, -0.25) is 0 Å². The van der Waals surface area contributed by atoms with Gasteiger partial charge in [-0.15, -0.1) is 17.3 Å². The molecule has 0 saturated heterocycles. The summed E-state index contributed by atoms with van der Waals surface area (Å²) in [4.78, 5) is 0. The van der Waals surface area contributed by atoms with Crippen molar-refractivity contribution in [2.45, 2.75) is 90.4 Å². The van der Waals surface area contributed by atoms with E-state index in [0.29, 0.717) is 6.61 Å². The van der Waals surface area contributed by atoms with Crippen LogP contribution < -0.4 is 0 Å². The van der Waals surface area contributed by atoms with Gasteiger partial charge in [-0.05, 0) is 31.4 Å². The topological polar surface area (TPSA) is 9.23 Å². The third-order valence-electron chi connectivity index (χ3n) is 3.81. The van der Waals surface area contributed by atoms with Crippen molar-refractivity contribution < 1.29 is 4.74 Å². The van der Waals surface area contributed by atoms with E-state index in [1.54, 1.807) is 0 Å². The number of rotatable bonds is 17. The van der Waals surface area contributed by atoms with E-state index >= 15 is 0 Å². The Morgan fingerprint density at radius 2 is 1.36 bits per heavy atom. The highest BCUT2D eigenvalue weighted by atomic mass is 35.5. The summed E-state index contributed by atoms with van der Waals surface area (Å²) in [7, 11) is 0. The molecule has 22 heavy (non-hydrogen) atoms. The largest absolute Gasteiger partial charge is 0.377 e. The van der Waals surface area contributed by atoms with Gasteiger partial charge in [-0.25, -0.2) is 0 Å². The second-order valence-corrected chi connectivity index (χ2v) is 6.39. The van der Waals surface area contributed by atoms with Crippen molar-refractivity contribution in [2.75, 3.05) is 19.1 Å². The molecule has 0 saturated carbocycles. The lowest BCUT2D eigenvalue weighted by Gasteiger charge is -2.03. The van der Waals surface area contributed by atoms with Gasteiger partial charge in [0.25, 0.3) is 0 Å². The minimum atomic E-state index is 0.690. The highest BCUT2D eigenvalue weighted by molar-refractivity contribution is 6.17. The maximum absolute atomic E-state index is 5.60. The molecule has 0 rings (SSSR count). The Bertz CT molecular complexity index is 256. The molecule has 0 aromatic heterocycles. The number of ether oxygens (including phenoxy) is 1. The van der Waals surface area contributed by atoms with Gasteiger partial charge in [0.2, 0.25) is 0 Å². The molecular formula is C20H37ClO. The molecule has 2 heteroatoms. The van der Waals surface area contributed by atoms with Gasteiger partial charge in [0.15, 0.2) is 0 Å². The highest BCUT2D eigenvalue weighted by Crippen LogP contribution is 2.11. The van der Waals surface area contributed by atoms with Gasteiger partial charge in [-0.2, -0.15) is 0 Å². The number of alkyl halides is 1. The third-order valence-corrected chi connectivity index (χ3v) is 4.08. The highest BCUT2D eigenvalue weighted by Gasteiger charge is 1.93. The molecular weight excluding hydrogens is 292 g/mol. The molecule has 0 N–H and O–H groups in total. The van der Waals surface area contributed by atoms with Crippen molar-refractivity contribution in [2.24, 2.45) is 0 Å². The molecule has 0 atom stereocenters. The minimum Gasteiger partial charge on any atom is -0.377 e. The first-order valence-corrected chi connectivity index (χ1v) is 9.98. The van der Waals surface area contributed by atoms with Gasteiger partial charge in [-0.1, -0.05) is 71.1 Å². The monoisotopic (exact) mass is 328 g/mol. The Hall–Kier alpha value is -0.230. The zero-order chi connectivity index (χ0) is 16.1. The zero-order valence-electron chi connectivity index (χ0n) is 14.8. The van der Waals surface area contributed by atoms with Crippen LogP contribution in [0.4, 0.5) is 0 Å². The second kappa shape index (κ2) is 20.8. The summed E-state index contributed by atoms with van der Waals surface area (Å²) in [5, 5.41) is 0. The SMILES string of the molecule is CCCCCCCCCCCCCOCC=C=CCCCCl. The van der Waals surface area contributed by atoms with Crippen molar-refractivity contribution in [3.63, 3.8) is 0 Å². The van der Waals surface area contributed by atoms with E-state index in [9.17, 15) is 0 Å². The molecule has 0 aromatic rings. The van der Waals surface area contributed by atoms with E-state index in [1.807, 2.05) is 12.2 Å². The van der Waals surface area contributed by atoms with Crippen molar-refractivity contribution in [3.8, 4) is 0 Å². The Morgan fingerprint density at radius 1 is 0.773 bits per heavy atom. The lowest BCUT2D eigenvalue weighted by molar-refractivity contribution is 0.157. The minimum absolute atomic E-state index is 0.690. The summed E-state index contributed by atoms with van der Waals surface area (Å²) >= 11 is 5.60. The molecule has 0 spiro atoms. The Morgan fingerprint density at radius 3 is 1.95 bits per heavy atom. The average molecular weight is 329 g/mol. The average Bonchev–Trinajstić information content (AvgIpc) is 2.54. The molecule has 0 amide bonds. The maximum Gasteiger partial charge on any atom is 0.0721 e. The summed E-state index contributed by atoms with van der Waals surface area (Å²) in [6, 6.07) is 0. The lowest BCUT2D eigenvalue weighted by atomic mass is 10.1. The van der Waals surface area contributed by atoms with Crippen LogP contribution in [0.3, 0.4) is 0 Å². The van der Waals surface area contributed by atoms with Crippen molar-refractivity contribution in [1.29, 1.82) is 0 Å². The summed E-state index contributed by atoms with van der Waals surface area (Å²) in [6.45, 7) is 3.85. The standard InChI is InChI=1S/C20H37ClO/c1-2-3-4-5-6-7-8-9-10-13-16-19-22-20-17-14-11-12-15-18-21/h11,17H,2-10,12-13,15-16,18-20H2,1H3. The number of halogens is 1. The molecule has 0 aliphatic rings. The van der Waals surface area contributed by atoms with Crippen LogP contribution in [0.5, 0.6) is 0 Å². The molecule has 0 bridgehead atoms. The van der Waals surface area contributed by atoms with Crippen LogP contribution in [0.15, 0.2) is 17.9 Å². The molecule has 0 heterocycles. The number of unbranched alkanes of at least 4 members (excludes halogenated alkanes) is 11. The number of hydrogen-bond acceptors (Lipinski definition) is 1. The van der Waals surface area contributed by atoms with E-state index < -0.39 is 0 Å².